The number of amides is 1. The van der Waals surface area contributed by atoms with Gasteiger partial charge in [-0.1, -0.05) is 12.1 Å². The molecule has 5 heteroatoms. The third-order valence-corrected chi connectivity index (χ3v) is 4.79. The molecular weight excluding hydrogens is 302 g/mol. The SMILES string of the molecule is O=C(c1cccc(-c2ncc[nH]2)c1)N(CC1CC1)CC1CCCO1. The lowest BCUT2D eigenvalue weighted by Crippen LogP contribution is -2.38. The Hall–Kier alpha value is -2.14. The number of benzene rings is 1. The first-order chi connectivity index (χ1) is 11.8. The molecule has 2 heterocycles. The zero-order valence-corrected chi connectivity index (χ0v) is 13.8. The summed E-state index contributed by atoms with van der Waals surface area (Å²) in [4.78, 5) is 22.4. The molecule has 126 valence electrons. The van der Waals surface area contributed by atoms with Crippen molar-refractivity contribution in [2.45, 2.75) is 31.8 Å². The molecule has 1 amide bonds. The van der Waals surface area contributed by atoms with Gasteiger partial charge in [-0.15, -0.1) is 0 Å². The van der Waals surface area contributed by atoms with Crippen LogP contribution in [0, 0.1) is 5.92 Å². The van der Waals surface area contributed by atoms with Crippen molar-refractivity contribution in [1.29, 1.82) is 0 Å². The third-order valence-electron chi connectivity index (χ3n) is 4.79. The normalized spacial score (nSPS) is 20.2. The van der Waals surface area contributed by atoms with Crippen molar-refractivity contribution in [3.8, 4) is 11.4 Å². The number of hydrogen-bond acceptors (Lipinski definition) is 3. The van der Waals surface area contributed by atoms with Gasteiger partial charge in [-0.05, 0) is 43.7 Å². The summed E-state index contributed by atoms with van der Waals surface area (Å²) in [5, 5.41) is 0. The Morgan fingerprint density at radius 2 is 2.21 bits per heavy atom. The van der Waals surface area contributed by atoms with Crippen LogP contribution in [0.3, 0.4) is 0 Å². The van der Waals surface area contributed by atoms with E-state index < -0.39 is 0 Å². The molecule has 0 radical (unpaired) electrons. The van der Waals surface area contributed by atoms with Crippen molar-refractivity contribution in [1.82, 2.24) is 14.9 Å². The topological polar surface area (TPSA) is 58.2 Å². The molecule has 5 nitrogen and oxygen atoms in total. The number of aromatic amines is 1. The average Bonchev–Trinajstić information content (AvgIpc) is 3.07. The van der Waals surface area contributed by atoms with Gasteiger partial charge in [-0.2, -0.15) is 0 Å². The number of H-pyrrole nitrogens is 1. The van der Waals surface area contributed by atoms with E-state index in [9.17, 15) is 4.79 Å². The molecule has 1 saturated carbocycles. The van der Waals surface area contributed by atoms with Gasteiger partial charge in [0.25, 0.3) is 5.91 Å². The number of nitrogens with one attached hydrogen (secondary N) is 1. The van der Waals surface area contributed by atoms with Crippen LogP contribution in [0.25, 0.3) is 11.4 Å². The van der Waals surface area contributed by atoms with Gasteiger partial charge < -0.3 is 14.6 Å². The van der Waals surface area contributed by atoms with Crippen LogP contribution in [0.2, 0.25) is 0 Å². The quantitative estimate of drug-likeness (QED) is 0.888. The number of aromatic nitrogens is 2. The van der Waals surface area contributed by atoms with E-state index in [0.29, 0.717) is 12.5 Å². The number of carbonyl (C=O) groups excluding carboxylic acids is 1. The van der Waals surface area contributed by atoms with Gasteiger partial charge >= 0.3 is 0 Å². The number of hydrogen-bond donors (Lipinski definition) is 1. The molecule has 1 aromatic carbocycles. The molecule has 2 aromatic rings. The second kappa shape index (κ2) is 6.77. The van der Waals surface area contributed by atoms with Crippen molar-refractivity contribution in [2.24, 2.45) is 5.92 Å². The third kappa shape index (κ3) is 3.51. The molecule has 2 fully saturated rings. The summed E-state index contributed by atoms with van der Waals surface area (Å²) in [5.41, 5.74) is 1.66. The van der Waals surface area contributed by atoms with Gasteiger partial charge in [0.05, 0.1) is 6.10 Å². The zero-order chi connectivity index (χ0) is 16.4. The zero-order valence-electron chi connectivity index (χ0n) is 13.8. The Kier molecular flexibility index (Phi) is 4.34. The molecule has 0 spiro atoms. The monoisotopic (exact) mass is 325 g/mol. The van der Waals surface area contributed by atoms with Crippen LogP contribution in [-0.2, 0) is 4.74 Å². The van der Waals surface area contributed by atoms with E-state index >= 15 is 0 Å². The second-order valence-corrected chi connectivity index (χ2v) is 6.81. The average molecular weight is 325 g/mol. The summed E-state index contributed by atoms with van der Waals surface area (Å²) in [7, 11) is 0. The van der Waals surface area contributed by atoms with Crippen LogP contribution < -0.4 is 0 Å². The fraction of sp³-hybridized carbons (Fsp3) is 0.474. The van der Waals surface area contributed by atoms with Gasteiger partial charge in [0.2, 0.25) is 0 Å². The predicted molar refractivity (Wildman–Crippen MR) is 91.6 cm³/mol. The first kappa shape index (κ1) is 15.4. The lowest BCUT2D eigenvalue weighted by atomic mass is 10.1. The lowest BCUT2D eigenvalue weighted by molar-refractivity contribution is 0.0515. The smallest absolute Gasteiger partial charge is 0.253 e. The molecule has 1 saturated heterocycles. The Balaban J connectivity index is 1.53. The van der Waals surface area contributed by atoms with E-state index in [1.54, 1.807) is 12.4 Å². The first-order valence-corrected chi connectivity index (χ1v) is 8.80. The van der Waals surface area contributed by atoms with Crippen LogP contribution in [0.1, 0.15) is 36.0 Å². The maximum Gasteiger partial charge on any atom is 0.253 e. The Morgan fingerprint density at radius 3 is 2.92 bits per heavy atom. The fourth-order valence-electron chi connectivity index (χ4n) is 3.29. The second-order valence-electron chi connectivity index (χ2n) is 6.81. The van der Waals surface area contributed by atoms with Crippen molar-refractivity contribution < 1.29 is 9.53 Å². The predicted octanol–water partition coefficient (Wildman–Crippen LogP) is 3.11. The highest BCUT2D eigenvalue weighted by Gasteiger charge is 2.30. The van der Waals surface area contributed by atoms with E-state index in [4.69, 9.17) is 4.74 Å². The molecule has 1 aromatic heterocycles. The molecule has 0 bridgehead atoms. The highest BCUT2D eigenvalue weighted by Crippen LogP contribution is 2.31. The Bertz CT molecular complexity index is 688. The number of carbonyl (C=O) groups is 1. The fourth-order valence-corrected chi connectivity index (χ4v) is 3.29. The van der Waals surface area contributed by atoms with Crippen molar-refractivity contribution in [3.63, 3.8) is 0 Å². The molecule has 1 atom stereocenters. The van der Waals surface area contributed by atoms with Crippen molar-refractivity contribution in [2.75, 3.05) is 19.7 Å². The van der Waals surface area contributed by atoms with Crippen LogP contribution in [0.5, 0.6) is 0 Å². The van der Waals surface area contributed by atoms with E-state index in [-0.39, 0.29) is 12.0 Å². The van der Waals surface area contributed by atoms with Gasteiger partial charge in [-0.3, -0.25) is 4.79 Å². The molecule has 24 heavy (non-hydrogen) atoms. The van der Waals surface area contributed by atoms with E-state index in [1.165, 1.54) is 12.8 Å². The number of rotatable bonds is 6. The summed E-state index contributed by atoms with van der Waals surface area (Å²) in [6.45, 7) is 2.38. The van der Waals surface area contributed by atoms with Gasteiger partial charge in [0, 0.05) is 43.2 Å². The van der Waals surface area contributed by atoms with E-state index in [0.717, 1.165) is 42.9 Å². The molecule has 1 aliphatic carbocycles. The number of ether oxygens (including phenoxy) is 1. The van der Waals surface area contributed by atoms with E-state index in [1.807, 2.05) is 29.2 Å². The largest absolute Gasteiger partial charge is 0.376 e. The minimum atomic E-state index is 0.103. The van der Waals surface area contributed by atoms with Crippen LogP contribution in [-0.4, -0.2) is 46.6 Å². The highest BCUT2D eigenvalue weighted by molar-refractivity contribution is 5.95. The molecule has 2 aliphatic rings. The number of imidazole rings is 1. The highest BCUT2D eigenvalue weighted by atomic mass is 16.5. The van der Waals surface area contributed by atoms with Gasteiger partial charge in [0.15, 0.2) is 0 Å². The Labute approximate surface area is 142 Å². The summed E-state index contributed by atoms with van der Waals surface area (Å²) in [5.74, 6) is 1.56. The molecule has 1 unspecified atom stereocenters. The summed E-state index contributed by atoms with van der Waals surface area (Å²) >= 11 is 0. The Morgan fingerprint density at radius 1 is 1.29 bits per heavy atom. The van der Waals surface area contributed by atoms with E-state index in [2.05, 4.69) is 9.97 Å². The van der Waals surface area contributed by atoms with Crippen LogP contribution in [0.15, 0.2) is 36.7 Å². The maximum absolute atomic E-state index is 13.1. The molecule has 4 rings (SSSR count). The van der Waals surface area contributed by atoms with Gasteiger partial charge in [0.1, 0.15) is 5.82 Å². The van der Waals surface area contributed by atoms with Crippen molar-refractivity contribution >= 4 is 5.91 Å². The molecule has 1 N–H and O–H groups in total. The first-order valence-electron chi connectivity index (χ1n) is 8.80. The summed E-state index contributed by atoms with van der Waals surface area (Å²) < 4.78 is 5.75. The van der Waals surface area contributed by atoms with Crippen LogP contribution in [0.4, 0.5) is 0 Å². The summed E-state index contributed by atoms with van der Waals surface area (Å²) in [6, 6.07) is 7.72. The van der Waals surface area contributed by atoms with Crippen molar-refractivity contribution in [3.05, 3.63) is 42.2 Å². The van der Waals surface area contributed by atoms with Gasteiger partial charge in [-0.25, -0.2) is 4.98 Å². The minimum Gasteiger partial charge on any atom is -0.376 e. The minimum absolute atomic E-state index is 0.103. The summed E-state index contributed by atoms with van der Waals surface area (Å²) in [6.07, 6.45) is 8.34. The lowest BCUT2D eigenvalue weighted by Gasteiger charge is -2.25. The molecule has 1 aliphatic heterocycles. The maximum atomic E-state index is 13.1. The van der Waals surface area contributed by atoms with Crippen LogP contribution >= 0.6 is 0 Å². The standard InChI is InChI=1S/C19H23N3O2/c23-19(16-4-1-3-15(11-16)18-20-8-9-21-18)22(12-14-6-7-14)13-17-5-2-10-24-17/h1,3-4,8-9,11,14,17H,2,5-7,10,12-13H2,(H,20,21). The number of nitrogens with zero attached hydrogens (tertiary/aromatic N) is 2. The molecular formula is C19H23N3O2.